The van der Waals surface area contributed by atoms with E-state index in [-0.39, 0.29) is 6.54 Å². The van der Waals surface area contributed by atoms with Crippen molar-refractivity contribution in [2.45, 2.75) is 6.54 Å². The van der Waals surface area contributed by atoms with Crippen LogP contribution in [-0.2, 0) is 11.4 Å². The van der Waals surface area contributed by atoms with Crippen LogP contribution in [0.2, 0.25) is 0 Å². The van der Waals surface area contributed by atoms with Crippen LogP contribution in [0.25, 0.3) is 0 Å². The van der Waals surface area contributed by atoms with Crippen molar-refractivity contribution in [2.75, 3.05) is 7.11 Å². The Morgan fingerprint density at radius 2 is 2.15 bits per heavy atom. The van der Waals surface area contributed by atoms with E-state index < -0.39 is 17.3 Å². The third kappa shape index (κ3) is 2.30. The van der Waals surface area contributed by atoms with Gasteiger partial charge in [0, 0.05) is 6.54 Å². The molecule has 3 N–H and O–H groups in total. The number of phenolic OH excluding ortho intramolecular Hbond substituents is 2. The van der Waals surface area contributed by atoms with Crippen molar-refractivity contribution in [3.8, 4) is 11.5 Å². The molecule has 0 amide bonds. The molecule has 0 heterocycles. The van der Waals surface area contributed by atoms with Gasteiger partial charge in [0.2, 0.25) is 0 Å². The maximum absolute atomic E-state index is 12.8. The molecular weight excluding hydrogens is 177 g/mol. The average Bonchev–Trinajstić information content (AvgIpc) is 2.10. The van der Waals surface area contributed by atoms with Gasteiger partial charge < -0.3 is 15.1 Å². The monoisotopic (exact) mass is 187 g/mol. The fourth-order valence-electron chi connectivity index (χ4n) is 0.897. The molecule has 0 spiro atoms. The molecule has 0 unspecified atom stereocenters. The molecule has 1 rings (SSSR count). The maximum Gasteiger partial charge on any atom is 0.194 e. The minimum atomic E-state index is -0.854. The smallest absolute Gasteiger partial charge is 0.194 e. The highest BCUT2D eigenvalue weighted by atomic mass is 19.1. The molecule has 4 nitrogen and oxygen atoms in total. The van der Waals surface area contributed by atoms with Crippen LogP contribution in [0, 0.1) is 5.82 Å². The molecule has 72 valence electrons. The largest absolute Gasteiger partial charge is 0.504 e. The number of halogens is 1. The predicted octanol–water partition coefficient (Wildman–Crippen LogP) is 0.888. The Kier molecular flexibility index (Phi) is 3.05. The second-order valence-corrected chi connectivity index (χ2v) is 2.47. The minimum Gasteiger partial charge on any atom is -0.504 e. The van der Waals surface area contributed by atoms with Crippen molar-refractivity contribution < 1.29 is 19.4 Å². The number of rotatable bonds is 3. The van der Waals surface area contributed by atoms with E-state index in [4.69, 9.17) is 10.2 Å². The molecule has 0 aliphatic heterocycles. The number of aromatic hydroxyl groups is 2. The van der Waals surface area contributed by atoms with Gasteiger partial charge in [-0.05, 0) is 17.7 Å². The van der Waals surface area contributed by atoms with Crippen LogP contribution < -0.4 is 5.48 Å². The minimum absolute atomic E-state index is 0.251. The lowest BCUT2D eigenvalue weighted by atomic mass is 10.2. The van der Waals surface area contributed by atoms with Crippen LogP contribution in [0.5, 0.6) is 11.5 Å². The fourth-order valence-corrected chi connectivity index (χ4v) is 0.897. The lowest BCUT2D eigenvalue weighted by Gasteiger charge is -2.04. The molecule has 1 aromatic rings. The van der Waals surface area contributed by atoms with Gasteiger partial charge >= 0.3 is 0 Å². The van der Waals surface area contributed by atoms with Gasteiger partial charge in [-0.1, -0.05) is 0 Å². The number of hydroxylamine groups is 1. The van der Waals surface area contributed by atoms with Gasteiger partial charge in [0.1, 0.15) is 0 Å². The highest BCUT2D eigenvalue weighted by molar-refractivity contribution is 5.41. The fraction of sp³-hybridized carbons (Fsp3) is 0.250. The summed E-state index contributed by atoms with van der Waals surface area (Å²) in [6.45, 7) is 0.251. The molecule has 0 aliphatic rings. The summed E-state index contributed by atoms with van der Waals surface area (Å²) in [5.74, 6) is -2.07. The quantitative estimate of drug-likeness (QED) is 0.485. The lowest BCUT2D eigenvalue weighted by Crippen LogP contribution is -2.10. The standard InChI is InChI=1S/C8H10FNO3/c1-13-10-4-5-2-6(9)8(12)7(11)3-5/h2-3,10-12H,4H2,1H3. The van der Waals surface area contributed by atoms with Crippen molar-refractivity contribution in [3.63, 3.8) is 0 Å². The van der Waals surface area contributed by atoms with Gasteiger partial charge in [-0.3, -0.25) is 0 Å². The van der Waals surface area contributed by atoms with Crippen molar-refractivity contribution in [1.29, 1.82) is 0 Å². The summed E-state index contributed by atoms with van der Waals surface area (Å²) in [4.78, 5) is 4.54. The average molecular weight is 187 g/mol. The van der Waals surface area contributed by atoms with Crippen LogP contribution >= 0.6 is 0 Å². The van der Waals surface area contributed by atoms with Gasteiger partial charge in [0.15, 0.2) is 17.3 Å². The van der Waals surface area contributed by atoms with Gasteiger partial charge in [-0.2, -0.15) is 5.48 Å². The van der Waals surface area contributed by atoms with Crippen molar-refractivity contribution in [3.05, 3.63) is 23.5 Å². The molecule has 1 aromatic carbocycles. The second kappa shape index (κ2) is 4.06. The molecule has 0 fully saturated rings. The Bertz CT molecular complexity index is 280. The van der Waals surface area contributed by atoms with E-state index in [0.717, 1.165) is 6.07 Å². The Morgan fingerprint density at radius 1 is 1.46 bits per heavy atom. The predicted molar refractivity (Wildman–Crippen MR) is 43.6 cm³/mol. The zero-order chi connectivity index (χ0) is 9.84. The second-order valence-electron chi connectivity index (χ2n) is 2.47. The summed E-state index contributed by atoms with van der Waals surface area (Å²) in [5.41, 5.74) is 2.96. The molecule has 0 saturated heterocycles. The first-order valence-electron chi connectivity index (χ1n) is 3.61. The van der Waals surface area contributed by atoms with Crippen LogP contribution in [-0.4, -0.2) is 17.3 Å². The number of benzene rings is 1. The van der Waals surface area contributed by atoms with Gasteiger partial charge in [-0.15, -0.1) is 0 Å². The summed E-state index contributed by atoms with van der Waals surface area (Å²) >= 11 is 0. The van der Waals surface area contributed by atoms with Gasteiger partial charge in [0.05, 0.1) is 7.11 Å². The normalized spacial score (nSPS) is 10.3. The summed E-state index contributed by atoms with van der Waals surface area (Å²) in [6.07, 6.45) is 0. The van der Waals surface area contributed by atoms with Crippen LogP contribution in [0.3, 0.4) is 0 Å². The molecule has 0 saturated carbocycles. The van der Waals surface area contributed by atoms with E-state index in [1.54, 1.807) is 0 Å². The first-order chi connectivity index (χ1) is 6.15. The zero-order valence-corrected chi connectivity index (χ0v) is 7.04. The van der Waals surface area contributed by atoms with Crippen LogP contribution in [0.15, 0.2) is 12.1 Å². The Morgan fingerprint density at radius 3 is 2.69 bits per heavy atom. The van der Waals surface area contributed by atoms with Crippen molar-refractivity contribution >= 4 is 0 Å². The van der Waals surface area contributed by atoms with Crippen LogP contribution in [0.4, 0.5) is 4.39 Å². The van der Waals surface area contributed by atoms with Crippen LogP contribution in [0.1, 0.15) is 5.56 Å². The third-order valence-electron chi connectivity index (χ3n) is 1.52. The Hall–Kier alpha value is -1.33. The summed E-state index contributed by atoms with van der Waals surface area (Å²) in [7, 11) is 1.43. The highest BCUT2D eigenvalue weighted by Crippen LogP contribution is 2.28. The Labute approximate surface area is 74.5 Å². The Balaban J connectivity index is 2.86. The third-order valence-corrected chi connectivity index (χ3v) is 1.52. The summed E-state index contributed by atoms with van der Waals surface area (Å²) < 4.78 is 12.8. The van der Waals surface area contributed by atoms with Crippen molar-refractivity contribution in [2.24, 2.45) is 0 Å². The zero-order valence-electron chi connectivity index (χ0n) is 7.04. The maximum atomic E-state index is 12.8. The van der Waals surface area contributed by atoms with E-state index in [1.807, 2.05) is 0 Å². The molecule has 0 aliphatic carbocycles. The number of phenols is 2. The molecular formula is C8H10FNO3. The SMILES string of the molecule is CONCc1cc(O)c(O)c(F)c1. The lowest BCUT2D eigenvalue weighted by molar-refractivity contribution is 0.0866. The first-order valence-corrected chi connectivity index (χ1v) is 3.61. The first kappa shape index (κ1) is 9.76. The molecule has 0 radical (unpaired) electrons. The molecule has 0 atom stereocenters. The molecule has 5 heteroatoms. The number of nitrogens with one attached hydrogen (secondary N) is 1. The van der Waals surface area contributed by atoms with Gasteiger partial charge in [0.25, 0.3) is 0 Å². The molecule has 13 heavy (non-hydrogen) atoms. The van der Waals surface area contributed by atoms with Crippen molar-refractivity contribution in [1.82, 2.24) is 5.48 Å². The van der Waals surface area contributed by atoms with E-state index in [2.05, 4.69) is 10.3 Å². The molecule has 0 aromatic heterocycles. The van der Waals surface area contributed by atoms with E-state index in [1.165, 1.54) is 13.2 Å². The topological polar surface area (TPSA) is 61.7 Å². The highest BCUT2D eigenvalue weighted by Gasteiger charge is 2.07. The van der Waals surface area contributed by atoms with Gasteiger partial charge in [-0.25, -0.2) is 4.39 Å². The number of hydrogen-bond donors (Lipinski definition) is 3. The molecule has 0 bridgehead atoms. The van der Waals surface area contributed by atoms with E-state index in [9.17, 15) is 4.39 Å². The van der Waals surface area contributed by atoms with E-state index in [0.29, 0.717) is 5.56 Å². The van der Waals surface area contributed by atoms with E-state index >= 15 is 0 Å². The summed E-state index contributed by atoms with van der Waals surface area (Å²) in [5, 5.41) is 17.9. The number of hydrogen-bond acceptors (Lipinski definition) is 4. The summed E-state index contributed by atoms with van der Waals surface area (Å²) in [6, 6.07) is 2.37.